The molecule has 0 aliphatic heterocycles. The van der Waals surface area contributed by atoms with Gasteiger partial charge in [-0.1, -0.05) is 18.5 Å². The van der Waals surface area contributed by atoms with Gasteiger partial charge in [0.15, 0.2) is 0 Å². The van der Waals surface area contributed by atoms with Gasteiger partial charge in [-0.05, 0) is 24.3 Å². The summed E-state index contributed by atoms with van der Waals surface area (Å²) in [5.74, 6) is 1.08. The molecule has 0 N–H and O–H groups in total. The third-order valence-electron chi connectivity index (χ3n) is 1.17. The van der Waals surface area contributed by atoms with Crippen molar-refractivity contribution in [3.63, 3.8) is 0 Å². The zero-order valence-corrected chi connectivity index (χ0v) is 7.95. The van der Waals surface area contributed by atoms with Crippen molar-refractivity contribution in [2.45, 2.75) is 18.4 Å². The molecule has 1 aromatic heterocycles. The zero-order chi connectivity index (χ0) is 8.10. The van der Waals surface area contributed by atoms with Crippen LogP contribution in [0.15, 0.2) is 23.4 Å². The average molecular weight is 188 g/mol. The van der Waals surface area contributed by atoms with Gasteiger partial charge >= 0.3 is 0 Å². The highest BCUT2D eigenvalue weighted by atomic mass is 35.5. The van der Waals surface area contributed by atoms with E-state index in [9.17, 15) is 0 Å². The van der Waals surface area contributed by atoms with E-state index in [4.69, 9.17) is 11.6 Å². The topological polar surface area (TPSA) is 12.9 Å². The fraction of sp³-hybridized carbons (Fsp3) is 0.375. The van der Waals surface area contributed by atoms with Crippen molar-refractivity contribution in [3.05, 3.63) is 23.4 Å². The van der Waals surface area contributed by atoms with E-state index in [1.54, 1.807) is 18.0 Å². The van der Waals surface area contributed by atoms with Crippen molar-refractivity contribution >= 4 is 23.4 Å². The predicted molar refractivity (Wildman–Crippen MR) is 50.3 cm³/mol. The maximum atomic E-state index is 5.88. The summed E-state index contributed by atoms with van der Waals surface area (Å²) in [7, 11) is 0. The first kappa shape index (κ1) is 8.88. The van der Waals surface area contributed by atoms with Crippen molar-refractivity contribution < 1.29 is 0 Å². The summed E-state index contributed by atoms with van der Waals surface area (Å²) in [5.41, 5.74) is 0. The minimum Gasteiger partial charge on any atom is -0.248 e. The summed E-state index contributed by atoms with van der Waals surface area (Å²) in [4.78, 5) is 4.15. The molecule has 11 heavy (non-hydrogen) atoms. The lowest BCUT2D eigenvalue weighted by Gasteiger charge is -1.99. The van der Waals surface area contributed by atoms with Crippen LogP contribution in [0.4, 0.5) is 0 Å². The van der Waals surface area contributed by atoms with E-state index in [2.05, 4.69) is 11.9 Å². The SMILES string of the molecule is CCCSc1ncccc1Cl. The Morgan fingerprint density at radius 3 is 3.09 bits per heavy atom. The number of rotatable bonds is 3. The monoisotopic (exact) mass is 187 g/mol. The highest BCUT2D eigenvalue weighted by Gasteiger charge is 1.98. The van der Waals surface area contributed by atoms with E-state index in [1.807, 2.05) is 12.1 Å². The average Bonchev–Trinajstić information content (AvgIpc) is 2.03. The van der Waals surface area contributed by atoms with Crippen molar-refractivity contribution in [3.8, 4) is 0 Å². The first-order chi connectivity index (χ1) is 5.34. The van der Waals surface area contributed by atoms with E-state index >= 15 is 0 Å². The van der Waals surface area contributed by atoms with Crippen LogP contribution in [0.3, 0.4) is 0 Å². The molecule has 0 spiro atoms. The van der Waals surface area contributed by atoms with Crippen LogP contribution in [0.2, 0.25) is 5.02 Å². The van der Waals surface area contributed by atoms with Crippen LogP contribution in [0.1, 0.15) is 13.3 Å². The van der Waals surface area contributed by atoms with Gasteiger partial charge in [0.25, 0.3) is 0 Å². The second-order valence-corrected chi connectivity index (χ2v) is 3.63. The standard InChI is InChI=1S/C8H10ClNS/c1-2-6-11-8-7(9)4-3-5-10-8/h3-5H,2,6H2,1H3. The van der Waals surface area contributed by atoms with Crippen LogP contribution in [0, 0.1) is 0 Å². The van der Waals surface area contributed by atoms with Gasteiger partial charge in [0, 0.05) is 6.20 Å². The second-order valence-electron chi connectivity index (χ2n) is 2.14. The fourth-order valence-corrected chi connectivity index (χ4v) is 1.70. The quantitative estimate of drug-likeness (QED) is 0.674. The molecular weight excluding hydrogens is 178 g/mol. The minimum absolute atomic E-state index is 0.756. The minimum atomic E-state index is 0.756. The molecule has 0 aliphatic rings. The summed E-state index contributed by atoms with van der Waals surface area (Å²) in [5, 5.41) is 1.70. The molecule has 0 amide bonds. The Hall–Kier alpha value is -0.210. The molecular formula is C8H10ClNS. The number of pyridine rings is 1. The molecule has 1 aromatic rings. The highest BCUT2D eigenvalue weighted by molar-refractivity contribution is 7.99. The Morgan fingerprint density at radius 1 is 1.64 bits per heavy atom. The van der Waals surface area contributed by atoms with Crippen LogP contribution in [-0.2, 0) is 0 Å². The molecule has 60 valence electrons. The lowest BCUT2D eigenvalue weighted by molar-refractivity contribution is 1.08. The van der Waals surface area contributed by atoms with Crippen LogP contribution < -0.4 is 0 Å². The van der Waals surface area contributed by atoms with E-state index in [-0.39, 0.29) is 0 Å². The number of halogens is 1. The molecule has 1 heterocycles. The van der Waals surface area contributed by atoms with Gasteiger partial charge in [-0.15, -0.1) is 11.8 Å². The third-order valence-corrected chi connectivity index (χ3v) is 2.80. The second kappa shape index (κ2) is 4.62. The van der Waals surface area contributed by atoms with Gasteiger partial charge in [-0.3, -0.25) is 0 Å². The van der Waals surface area contributed by atoms with E-state index in [1.165, 1.54) is 0 Å². The van der Waals surface area contributed by atoms with Crippen LogP contribution in [0.5, 0.6) is 0 Å². The lowest BCUT2D eigenvalue weighted by Crippen LogP contribution is -1.81. The van der Waals surface area contributed by atoms with E-state index in [0.717, 1.165) is 22.2 Å². The first-order valence-corrected chi connectivity index (χ1v) is 4.94. The summed E-state index contributed by atoms with van der Waals surface area (Å²) in [6.45, 7) is 2.14. The molecule has 0 bridgehead atoms. The Bertz CT molecular complexity index is 227. The largest absolute Gasteiger partial charge is 0.248 e. The zero-order valence-electron chi connectivity index (χ0n) is 6.38. The van der Waals surface area contributed by atoms with Gasteiger partial charge in [-0.25, -0.2) is 4.98 Å². The maximum absolute atomic E-state index is 5.88. The molecule has 0 fully saturated rings. The van der Waals surface area contributed by atoms with Gasteiger partial charge in [0.05, 0.1) is 5.02 Å². The molecule has 0 saturated heterocycles. The van der Waals surface area contributed by atoms with Gasteiger partial charge < -0.3 is 0 Å². The summed E-state index contributed by atoms with van der Waals surface area (Å²) in [6.07, 6.45) is 2.92. The Balaban J connectivity index is 2.62. The molecule has 3 heteroatoms. The van der Waals surface area contributed by atoms with Gasteiger partial charge in [0.2, 0.25) is 0 Å². The Kier molecular flexibility index (Phi) is 3.73. The predicted octanol–water partition coefficient (Wildman–Crippen LogP) is 3.24. The fourth-order valence-electron chi connectivity index (χ4n) is 0.676. The van der Waals surface area contributed by atoms with Crippen molar-refractivity contribution in [1.29, 1.82) is 0 Å². The molecule has 1 nitrogen and oxygen atoms in total. The van der Waals surface area contributed by atoms with Crippen molar-refractivity contribution in [2.24, 2.45) is 0 Å². The van der Waals surface area contributed by atoms with Crippen LogP contribution in [0.25, 0.3) is 0 Å². The molecule has 0 aromatic carbocycles. The summed E-state index contributed by atoms with van der Waals surface area (Å²) in [6, 6.07) is 3.71. The van der Waals surface area contributed by atoms with Gasteiger partial charge in [0.1, 0.15) is 5.03 Å². The molecule has 0 aliphatic carbocycles. The number of nitrogens with zero attached hydrogens (tertiary/aromatic N) is 1. The first-order valence-electron chi connectivity index (χ1n) is 3.58. The summed E-state index contributed by atoms with van der Waals surface area (Å²) < 4.78 is 0. The molecule has 0 radical (unpaired) electrons. The smallest absolute Gasteiger partial charge is 0.115 e. The number of aromatic nitrogens is 1. The number of hydrogen-bond acceptors (Lipinski definition) is 2. The maximum Gasteiger partial charge on any atom is 0.115 e. The summed E-state index contributed by atoms with van der Waals surface area (Å²) >= 11 is 7.58. The molecule has 1 rings (SSSR count). The Labute approximate surface area is 76.2 Å². The van der Waals surface area contributed by atoms with Crippen molar-refractivity contribution in [1.82, 2.24) is 4.98 Å². The number of hydrogen-bond donors (Lipinski definition) is 0. The molecule has 0 saturated carbocycles. The normalized spacial score (nSPS) is 10.0. The molecule has 0 atom stereocenters. The van der Waals surface area contributed by atoms with Crippen LogP contribution >= 0.6 is 23.4 Å². The molecule has 0 unspecified atom stereocenters. The van der Waals surface area contributed by atoms with E-state index < -0.39 is 0 Å². The third kappa shape index (κ3) is 2.72. The van der Waals surface area contributed by atoms with E-state index in [0.29, 0.717) is 0 Å². The van der Waals surface area contributed by atoms with Gasteiger partial charge in [-0.2, -0.15) is 0 Å². The Morgan fingerprint density at radius 2 is 2.45 bits per heavy atom. The lowest BCUT2D eigenvalue weighted by atomic mass is 10.5. The number of thioether (sulfide) groups is 1. The van der Waals surface area contributed by atoms with Crippen LogP contribution in [-0.4, -0.2) is 10.7 Å². The van der Waals surface area contributed by atoms with Crippen molar-refractivity contribution in [2.75, 3.05) is 5.75 Å². The highest BCUT2D eigenvalue weighted by Crippen LogP contribution is 2.23.